The molecule has 1 aliphatic heterocycles. The zero-order chi connectivity index (χ0) is 16.2. The minimum atomic E-state index is -0.119. The smallest absolute Gasteiger partial charge is 0.255 e. The van der Waals surface area contributed by atoms with E-state index in [9.17, 15) is 4.79 Å². The molecule has 1 fully saturated rings. The van der Waals surface area contributed by atoms with Gasteiger partial charge >= 0.3 is 0 Å². The lowest BCUT2D eigenvalue weighted by Crippen LogP contribution is -2.44. The van der Waals surface area contributed by atoms with E-state index in [-0.39, 0.29) is 5.91 Å². The van der Waals surface area contributed by atoms with Crippen molar-refractivity contribution in [3.8, 4) is 0 Å². The van der Waals surface area contributed by atoms with E-state index < -0.39 is 0 Å². The molecule has 0 atom stereocenters. The third-order valence-corrected chi connectivity index (χ3v) is 4.15. The number of hydrogen-bond donors (Lipinski definition) is 2. The number of hydrogen-bond acceptors (Lipinski definition) is 4. The highest BCUT2D eigenvalue weighted by molar-refractivity contribution is 6.06. The summed E-state index contributed by atoms with van der Waals surface area (Å²) in [5, 5.41) is 3.00. The van der Waals surface area contributed by atoms with Gasteiger partial charge in [0.05, 0.1) is 11.4 Å². The number of nitrogens with two attached hydrogens (primary N) is 1. The summed E-state index contributed by atoms with van der Waals surface area (Å²) in [6.07, 6.45) is 0. The summed E-state index contributed by atoms with van der Waals surface area (Å²) in [7, 11) is 2.12. The number of likely N-dealkylation sites (N-methyl/N-ethyl adjacent to an activating group) is 1. The van der Waals surface area contributed by atoms with Crippen LogP contribution in [0.5, 0.6) is 0 Å². The topological polar surface area (TPSA) is 61.6 Å². The molecule has 3 N–H and O–H groups in total. The first-order chi connectivity index (χ1) is 11.1. The van der Waals surface area contributed by atoms with Gasteiger partial charge in [-0.15, -0.1) is 0 Å². The van der Waals surface area contributed by atoms with Crippen molar-refractivity contribution >= 4 is 23.0 Å². The fourth-order valence-electron chi connectivity index (χ4n) is 2.76. The number of piperazine rings is 1. The Morgan fingerprint density at radius 3 is 2.43 bits per heavy atom. The molecular weight excluding hydrogens is 288 g/mol. The van der Waals surface area contributed by atoms with E-state index in [1.54, 1.807) is 12.1 Å². The van der Waals surface area contributed by atoms with Gasteiger partial charge < -0.3 is 20.9 Å². The maximum Gasteiger partial charge on any atom is 0.255 e. The summed E-state index contributed by atoms with van der Waals surface area (Å²) in [6, 6.07) is 14.9. The number of carbonyl (C=O) groups excluding carboxylic acids is 1. The summed E-state index contributed by atoms with van der Waals surface area (Å²) in [4.78, 5) is 17.0. The third-order valence-electron chi connectivity index (χ3n) is 4.15. The second-order valence-corrected chi connectivity index (χ2v) is 5.89. The Balaban J connectivity index is 1.83. The van der Waals surface area contributed by atoms with Crippen LogP contribution in [0.3, 0.4) is 0 Å². The van der Waals surface area contributed by atoms with E-state index in [4.69, 9.17) is 5.73 Å². The number of nitrogens with zero attached hydrogens (tertiary/aromatic N) is 2. The van der Waals surface area contributed by atoms with Crippen molar-refractivity contribution < 1.29 is 4.79 Å². The van der Waals surface area contributed by atoms with E-state index in [0.717, 1.165) is 37.6 Å². The van der Waals surface area contributed by atoms with Gasteiger partial charge in [0.1, 0.15) is 0 Å². The number of anilines is 3. The van der Waals surface area contributed by atoms with Crippen LogP contribution in [0, 0.1) is 0 Å². The fraction of sp³-hybridized carbons (Fsp3) is 0.278. The molecule has 3 rings (SSSR count). The van der Waals surface area contributed by atoms with Gasteiger partial charge in [-0.1, -0.05) is 18.2 Å². The van der Waals surface area contributed by atoms with Gasteiger partial charge in [0.2, 0.25) is 0 Å². The predicted molar refractivity (Wildman–Crippen MR) is 95.0 cm³/mol. The van der Waals surface area contributed by atoms with E-state index in [2.05, 4.69) is 22.2 Å². The Labute approximate surface area is 136 Å². The molecule has 1 saturated heterocycles. The van der Waals surface area contributed by atoms with Gasteiger partial charge in [-0.2, -0.15) is 0 Å². The lowest BCUT2D eigenvalue weighted by Gasteiger charge is -2.35. The van der Waals surface area contributed by atoms with Gasteiger partial charge in [0.15, 0.2) is 0 Å². The number of amides is 1. The normalized spacial score (nSPS) is 15.4. The van der Waals surface area contributed by atoms with Crippen LogP contribution in [0.1, 0.15) is 10.4 Å². The second kappa shape index (κ2) is 6.71. The van der Waals surface area contributed by atoms with Gasteiger partial charge in [-0.3, -0.25) is 4.79 Å². The largest absolute Gasteiger partial charge is 0.399 e. The van der Waals surface area contributed by atoms with Crippen LogP contribution in [0.25, 0.3) is 0 Å². The Kier molecular flexibility index (Phi) is 4.48. The van der Waals surface area contributed by atoms with Crippen molar-refractivity contribution in [3.63, 3.8) is 0 Å². The van der Waals surface area contributed by atoms with E-state index in [1.807, 2.05) is 36.4 Å². The maximum absolute atomic E-state index is 12.4. The minimum Gasteiger partial charge on any atom is -0.399 e. The Morgan fingerprint density at radius 2 is 1.74 bits per heavy atom. The molecule has 5 nitrogen and oxygen atoms in total. The number of nitrogen functional groups attached to an aromatic ring is 1. The number of carbonyl (C=O) groups is 1. The molecule has 1 amide bonds. The summed E-state index contributed by atoms with van der Waals surface area (Å²) < 4.78 is 0. The summed E-state index contributed by atoms with van der Waals surface area (Å²) in [6.45, 7) is 3.90. The summed E-state index contributed by atoms with van der Waals surface area (Å²) in [5.74, 6) is -0.119. The zero-order valence-electron chi connectivity index (χ0n) is 13.3. The van der Waals surface area contributed by atoms with Crippen molar-refractivity contribution in [2.45, 2.75) is 0 Å². The molecule has 23 heavy (non-hydrogen) atoms. The first-order valence-electron chi connectivity index (χ1n) is 7.83. The Morgan fingerprint density at radius 1 is 1.04 bits per heavy atom. The lowest BCUT2D eigenvalue weighted by atomic mass is 10.1. The maximum atomic E-state index is 12.4. The fourth-order valence-corrected chi connectivity index (χ4v) is 2.76. The van der Waals surface area contributed by atoms with Crippen molar-refractivity contribution in [1.29, 1.82) is 0 Å². The number of benzene rings is 2. The minimum absolute atomic E-state index is 0.119. The molecule has 0 unspecified atom stereocenters. The van der Waals surface area contributed by atoms with Crippen molar-refractivity contribution in [1.82, 2.24) is 4.90 Å². The average molecular weight is 310 g/mol. The van der Waals surface area contributed by atoms with Crippen LogP contribution in [0.4, 0.5) is 17.1 Å². The van der Waals surface area contributed by atoms with Crippen molar-refractivity contribution in [3.05, 3.63) is 54.1 Å². The molecule has 1 heterocycles. The summed E-state index contributed by atoms with van der Waals surface area (Å²) >= 11 is 0. The number of nitrogens with one attached hydrogen (secondary N) is 1. The SMILES string of the molecule is CN1CCN(c2ccc(N)cc2NC(=O)c2ccccc2)CC1. The molecule has 0 radical (unpaired) electrons. The van der Waals surface area contributed by atoms with Crippen molar-refractivity contribution in [2.24, 2.45) is 0 Å². The predicted octanol–water partition coefficient (Wildman–Crippen LogP) is 2.27. The standard InChI is InChI=1S/C18H22N4O/c1-21-9-11-22(12-10-21)17-8-7-15(19)13-16(17)20-18(23)14-5-3-2-4-6-14/h2-8,13H,9-12,19H2,1H3,(H,20,23). The molecule has 2 aromatic rings. The molecule has 0 aliphatic carbocycles. The molecule has 0 bridgehead atoms. The molecule has 2 aromatic carbocycles. The van der Waals surface area contributed by atoms with E-state index >= 15 is 0 Å². The highest BCUT2D eigenvalue weighted by atomic mass is 16.1. The van der Waals surface area contributed by atoms with Gasteiger partial charge in [-0.25, -0.2) is 0 Å². The van der Waals surface area contributed by atoms with Gasteiger partial charge in [0, 0.05) is 37.4 Å². The molecule has 120 valence electrons. The highest BCUT2D eigenvalue weighted by Gasteiger charge is 2.18. The van der Waals surface area contributed by atoms with Crippen LogP contribution in [-0.2, 0) is 0 Å². The van der Waals surface area contributed by atoms with E-state index in [0.29, 0.717) is 11.3 Å². The molecule has 5 heteroatoms. The molecule has 0 spiro atoms. The Hall–Kier alpha value is -2.53. The van der Waals surface area contributed by atoms with Crippen LogP contribution >= 0.6 is 0 Å². The first-order valence-corrected chi connectivity index (χ1v) is 7.83. The van der Waals surface area contributed by atoms with Crippen LogP contribution < -0.4 is 16.0 Å². The molecule has 1 aliphatic rings. The van der Waals surface area contributed by atoms with Crippen molar-refractivity contribution in [2.75, 3.05) is 49.2 Å². The molecule has 0 saturated carbocycles. The average Bonchev–Trinajstić information content (AvgIpc) is 2.57. The zero-order valence-corrected chi connectivity index (χ0v) is 13.3. The van der Waals surface area contributed by atoms with Crippen LogP contribution in [-0.4, -0.2) is 44.0 Å². The lowest BCUT2D eigenvalue weighted by molar-refractivity contribution is 0.102. The quantitative estimate of drug-likeness (QED) is 0.854. The third kappa shape index (κ3) is 3.63. The van der Waals surface area contributed by atoms with Crippen LogP contribution in [0.2, 0.25) is 0 Å². The Bertz CT molecular complexity index is 679. The second-order valence-electron chi connectivity index (χ2n) is 5.89. The number of rotatable bonds is 3. The molecular formula is C18H22N4O. The summed E-state index contributed by atoms with van der Waals surface area (Å²) in [5.41, 5.74) is 8.99. The van der Waals surface area contributed by atoms with Gasteiger partial charge in [-0.05, 0) is 37.4 Å². The molecule has 0 aromatic heterocycles. The van der Waals surface area contributed by atoms with E-state index in [1.165, 1.54) is 0 Å². The first kappa shape index (κ1) is 15.4. The highest BCUT2D eigenvalue weighted by Crippen LogP contribution is 2.29. The monoisotopic (exact) mass is 310 g/mol. The van der Waals surface area contributed by atoms with Gasteiger partial charge in [0.25, 0.3) is 5.91 Å². The van der Waals surface area contributed by atoms with Crippen LogP contribution in [0.15, 0.2) is 48.5 Å².